The third kappa shape index (κ3) is 2.98. The number of rotatable bonds is 3. The van der Waals surface area contributed by atoms with Gasteiger partial charge in [0.2, 0.25) is 0 Å². The number of anilines is 1. The normalized spacial score (nSPS) is 10.6. The SMILES string of the molecule is Nc1ccc(F)cc1CSc1ccc(F)cc1F. The third-order valence-electron chi connectivity index (χ3n) is 2.38. The lowest BCUT2D eigenvalue weighted by atomic mass is 10.2. The topological polar surface area (TPSA) is 26.0 Å². The number of halogens is 3. The Labute approximate surface area is 107 Å². The first kappa shape index (κ1) is 12.8. The maximum absolute atomic E-state index is 13.4. The van der Waals surface area contributed by atoms with Gasteiger partial charge in [0.15, 0.2) is 0 Å². The van der Waals surface area contributed by atoms with Crippen LogP contribution in [0.3, 0.4) is 0 Å². The second kappa shape index (κ2) is 5.35. The Balaban J connectivity index is 2.13. The van der Waals surface area contributed by atoms with Crippen LogP contribution in [0.4, 0.5) is 18.9 Å². The van der Waals surface area contributed by atoms with Gasteiger partial charge in [0, 0.05) is 22.4 Å². The van der Waals surface area contributed by atoms with Gasteiger partial charge in [-0.1, -0.05) is 0 Å². The zero-order valence-corrected chi connectivity index (χ0v) is 10.1. The molecule has 0 atom stereocenters. The van der Waals surface area contributed by atoms with Crippen LogP contribution in [-0.4, -0.2) is 0 Å². The predicted molar refractivity (Wildman–Crippen MR) is 66.7 cm³/mol. The van der Waals surface area contributed by atoms with E-state index in [0.717, 1.165) is 17.8 Å². The molecule has 94 valence electrons. The summed E-state index contributed by atoms with van der Waals surface area (Å²) < 4.78 is 39.1. The highest BCUT2D eigenvalue weighted by atomic mass is 32.2. The van der Waals surface area contributed by atoms with E-state index in [1.807, 2.05) is 0 Å². The smallest absolute Gasteiger partial charge is 0.139 e. The number of benzene rings is 2. The van der Waals surface area contributed by atoms with Crippen molar-refractivity contribution in [2.45, 2.75) is 10.6 Å². The number of nitrogen functional groups attached to an aromatic ring is 1. The Morgan fingerprint density at radius 3 is 2.33 bits per heavy atom. The Kier molecular flexibility index (Phi) is 3.81. The van der Waals surface area contributed by atoms with Crippen molar-refractivity contribution in [3.05, 3.63) is 59.4 Å². The molecule has 2 N–H and O–H groups in total. The molecule has 0 unspecified atom stereocenters. The summed E-state index contributed by atoms with van der Waals surface area (Å²) >= 11 is 1.14. The van der Waals surface area contributed by atoms with E-state index < -0.39 is 11.6 Å². The molecule has 0 heterocycles. The fourth-order valence-electron chi connectivity index (χ4n) is 1.45. The second-order valence-electron chi connectivity index (χ2n) is 3.71. The molecule has 0 saturated heterocycles. The monoisotopic (exact) mass is 269 g/mol. The molecule has 0 aliphatic rings. The summed E-state index contributed by atoms with van der Waals surface area (Å²) in [5.41, 5.74) is 6.72. The third-order valence-corrected chi connectivity index (χ3v) is 3.48. The number of hydrogen-bond donors (Lipinski definition) is 1. The molecular formula is C13H10F3NS. The van der Waals surface area contributed by atoms with Crippen molar-refractivity contribution in [2.24, 2.45) is 0 Å². The van der Waals surface area contributed by atoms with Gasteiger partial charge in [-0.2, -0.15) is 0 Å². The van der Waals surface area contributed by atoms with Crippen molar-refractivity contribution in [3.8, 4) is 0 Å². The summed E-state index contributed by atoms with van der Waals surface area (Å²) in [5, 5.41) is 0. The van der Waals surface area contributed by atoms with Crippen LogP contribution < -0.4 is 5.73 Å². The fourth-order valence-corrected chi connectivity index (χ4v) is 2.37. The van der Waals surface area contributed by atoms with Gasteiger partial charge >= 0.3 is 0 Å². The molecule has 2 aromatic rings. The van der Waals surface area contributed by atoms with E-state index >= 15 is 0 Å². The van der Waals surface area contributed by atoms with Gasteiger partial charge in [0.1, 0.15) is 17.5 Å². The fraction of sp³-hybridized carbons (Fsp3) is 0.0769. The quantitative estimate of drug-likeness (QED) is 0.673. The molecule has 18 heavy (non-hydrogen) atoms. The van der Waals surface area contributed by atoms with Crippen LogP contribution in [0.15, 0.2) is 41.3 Å². The lowest BCUT2D eigenvalue weighted by molar-refractivity contribution is 0.565. The van der Waals surface area contributed by atoms with E-state index in [1.54, 1.807) is 0 Å². The summed E-state index contributed by atoms with van der Waals surface area (Å²) in [7, 11) is 0. The average molecular weight is 269 g/mol. The summed E-state index contributed by atoms with van der Waals surface area (Å²) in [6.45, 7) is 0. The van der Waals surface area contributed by atoms with Crippen molar-refractivity contribution in [3.63, 3.8) is 0 Å². The molecule has 0 aliphatic carbocycles. The average Bonchev–Trinajstić information content (AvgIpc) is 2.32. The molecule has 0 radical (unpaired) electrons. The second-order valence-corrected chi connectivity index (χ2v) is 4.72. The Morgan fingerprint density at radius 1 is 0.944 bits per heavy atom. The van der Waals surface area contributed by atoms with Crippen LogP contribution in [-0.2, 0) is 5.75 Å². The summed E-state index contributed by atoms with van der Waals surface area (Å²) in [6.07, 6.45) is 0. The molecule has 0 aliphatic heterocycles. The lowest BCUT2D eigenvalue weighted by Crippen LogP contribution is -1.94. The van der Waals surface area contributed by atoms with E-state index in [-0.39, 0.29) is 5.82 Å². The molecule has 0 aromatic heterocycles. The summed E-state index contributed by atoms with van der Waals surface area (Å²) in [5.74, 6) is -1.32. The first-order chi connectivity index (χ1) is 8.56. The van der Waals surface area contributed by atoms with Gasteiger partial charge in [0.05, 0.1) is 0 Å². The number of hydrogen-bond acceptors (Lipinski definition) is 2. The minimum Gasteiger partial charge on any atom is -0.398 e. The predicted octanol–water partition coefficient (Wildman–Crippen LogP) is 3.98. The minimum absolute atomic E-state index is 0.306. The van der Waals surface area contributed by atoms with Crippen molar-refractivity contribution < 1.29 is 13.2 Å². The molecule has 1 nitrogen and oxygen atoms in total. The van der Waals surface area contributed by atoms with E-state index in [1.165, 1.54) is 30.3 Å². The summed E-state index contributed by atoms with van der Waals surface area (Å²) in [4.78, 5) is 0.306. The molecule has 5 heteroatoms. The zero-order valence-electron chi connectivity index (χ0n) is 9.29. The molecule has 0 spiro atoms. The zero-order chi connectivity index (χ0) is 13.1. The van der Waals surface area contributed by atoms with Gasteiger partial charge in [-0.05, 0) is 35.9 Å². The standard InChI is InChI=1S/C13H10F3NS/c14-9-1-3-12(17)8(5-9)7-18-13-4-2-10(15)6-11(13)16/h1-6H,7,17H2. The van der Waals surface area contributed by atoms with Crippen LogP contribution in [0.1, 0.15) is 5.56 Å². The van der Waals surface area contributed by atoms with Crippen molar-refractivity contribution in [2.75, 3.05) is 5.73 Å². The van der Waals surface area contributed by atoms with Gasteiger partial charge in [0.25, 0.3) is 0 Å². The number of thioether (sulfide) groups is 1. The molecule has 2 rings (SSSR count). The van der Waals surface area contributed by atoms with E-state index in [4.69, 9.17) is 5.73 Å². The molecule has 2 aromatic carbocycles. The molecule has 0 saturated carbocycles. The van der Waals surface area contributed by atoms with E-state index in [0.29, 0.717) is 21.9 Å². The highest BCUT2D eigenvalue weighted by molar-refractivity contribution is 7.98. The van der Waals surface area contributed by atoms with Gasteiger partial charge in [-0.15, -0.1) is 11.8 Å². The van der Waals surface area contributed by atoms with Crippen molar-refractivity contribution in [1.82, 2.24) is 0 Å². The first-order valence-corrected chi connectivity index (χ1v) is 6.16. The van der Waals surface area contributed by atoms with E-state index in [9.17, 15) is 13.2 Å². The van der Waals surface area contributed by atoms with Gasteiger partial charge < -0.3 is 5.73 Å². The van der Waals surface area contributed by atoms with Crippen LogP contribution >= 0.6 is 11.8 Å². The minimum atomic E-state index is -0.630. The summed E-state index contributed by atoms with van der Waals surface area (Å²) in [6, 6.07) is 7.39. The molecule has 0 bridgehead atoms. The van der Waals surface area contributed by atoms with Gasteiger partial charge in [-0.25, -0.2) is 13.2 Å². The molecular weight excluding hydrogens is 259 g/mol. The Bertz CT molecular complexity index is 572. The highest BCUT2D eigenvalue weighted by Gasteiger charge is 2.07. The van der Waals surface area contributed by atoms with Crippen LogP contribution in [0.2, 0.25) is 0 Å². The van der Waals surface area contributed by atoms with Gasteiger partial charge in [-0.3, -0.25) is 0 Å². The number of nitrogens with two attached hydrogens (primary N) is 1. The highest BCUT2D eigenvalue weighted by Crippen LogP contribution is 2.28. The first-order valence-electron chi connectivity index (χ1n) is 5.18. The molecule has 0 fully saturated rings. The maximum Gasteiger partial charge on any atom is 0.139 e. The van der Waals surface area contributed by atoms with Crippen LogP contribution in [0, 0.1) is 17.5 Å². The largest absolute Gasteiger partial charge is 0.398 e. The Morgan fingerprint density at radius 2 is 1.61 bits per heavy atom. The maximum atomic E-state index is 13.4. The van der Waals surface area contributed by atoms with Crippen molar-refractivity contribution in [1.29, 1.82) is 0 Å². The Hall–Kier alpha value is -1.62. The van der Waals surface area contributed by atoms with Crippen molar-refractivity contribution >= 4 is 17.4 Å². The van der Waals surface area contributed by atoms with E-state index in [2.05, 4.69) is 0 Å². The van der Waals surface area contributed by atoms with Crippen LogP contribution in [0.5, 0.6) is 0 Å². The van der Waals surface area contributed by atoms with Crippen LogP contribution in [0.25, 0.3) is 0 Å². The lowest BCUT2D eigenvalue weighted by Gasteiger charge is -2.06. The molecule has 0 amide bonds.